The third-order valence-electron chi connectivity index (χ3n) is 5.30. The van der Waals surface area contributed by atoms with E-state index in [9.17, 15) is 0 Å². The van der Waals surface area contributed by atoms with Gasteiger partial charge in [0.15, 0.2) is 0 Å². The summed E-state index contributed by atoms with van der Waals surface area (Å²) in [6.07, 6.45) is 26.8. The molecule has 0 saturated heterocycles. The predicted octanol–water partition coefficient (Wildman–Crippen LogP) is 9.49. The number of rotatable bonds is 18. The molecule has 0 aliphatic rings. The molecule has 0 rings (SSSR count). The van der Waals surface area contributed by atoms with Crippen LogP contribution in [0.15, 0.2) is 0 Å². The van der Waals surface area contributed by atoms with Gasteiger partial charge in [0, 0.05) is 35.9 Å². The zero-order valence-electron chi connectivity index (χ0n) is 21.3. The molecule has 0 spiro atoms. The Kier molecular flexibility index (Phi) is 48.7. The molecule has 0 heterocycles. The Hall–Kier alpha value is 1.47. The molecule has 1 radical (unpaired) electrons. The van der Waals surface area contributed by atoms with Crippen molar-refractivity contribution in [2.75, 3.05) is 37.0 Å². The number of unbranched alkanes of at least 4 members (excludes halogenated alkanes) is 6. The summed E-state index contributed by atoms with van der Waals surface area (Å²) in [7, 11) is 0.135. The van der Waals surface area contributed by atoms with Crippen LogP contribution >= 0.6 is 27.4 Å². The maximum absolute atomic E-state index is 8.45. The van der Waals surface area contributed by atoms with Crippen LogP contribution in [-0.4, -0.2) is 42.7 Å². The van der Waals surface area contributed by atoms with Gasteiger partial charge in [-0.05, 0) is 38.5 Å². The van der Waals surface area contributed by atoms with E-state index in [0.717, 1.165) is 5.75 Å². The smallest absolute Gasteiger partial charge is 0.0571 e. The summed E-state index contributed by atoms with van der Waals surface area (Å²) in [6.45, 7) is 13.9. The average Bonchev–Trinajstić information content (AvgIpc) is 2.73. The molecule has 0 aliphatic carbocycles. The average molecular weight is 662 g/mol. The standard InChI is InChI=1S/2C12H27P.CClO.Ir/c2*1-4-7-10-13(11-8-5-2)12-9-6-3;2-1-3;/h2*4-12H2,1-3H3;;/q;;-1;/p+2. The Bertz CT molecular complexity index is 222. The van der Waals surface area contributed by atoms with Gasteiger partial charge >= 0.3 is 0 Å². The summed E-state index contributed by atoms with van der Waals surface area (Å²) in [6, 6.07) is 0. The summed E-state index contributed by atoms with van der Waals surface area (Å²) in [4.78, 5) is 8.45. The van der Waals surface area contributed by atoms with Gasteiger partial charge in [-0.3, -0.25) is 0 Å². The van der Waals surface area contributed by atoms with Crippen LogP contribution in [0.25, 0.3) is 0 Å². The van der Waals surface area contributed by atoms with Crippen molar-refractivity contribution in [3.05, 3.63) is 0 Å². The quantitative estimate of drug-likeness (QED) is 0.0813. The molecule has 0 N–H and O–H groups in total. The van der Waals surface area contributed by atoms with Crippen molar-refractivity contribution >= 4 is 33.2 Å². The normalized spacial score (nSPS) is 10.0. The first-order valence-electron chi connectivity index (χ1n) is 12.8. The largest absolute Gasteiger partial charge is 0.525 e. The minimum atomic E-state index is 0. The number of hydrogen-bond donors (Lipinski definition) is 0. The molecule has 0 atom stereocenters. The Labute approximate surface area is 212 Å². The second kappa shape index (κ2) is 37.8. The Balaban J connectivity index is -0.000000193. The molecule has 0 aromatic heterocycles. The molecule has 0 aromatic rings. The maximum Gasteiger partial charge on any atom is 0.0571 e. The second-order valence-electron chi connectivity index (χ2n) is 8.20. The fourth-order valence-electron chi connectivity index (χ4n) is 3.31. The van der Waals surface area contributed by atoms with Crippen molar-refractivity contribution in [3.8, 4) is 0 Å². The van der Waals surface area contributed by atoms with E-state index in [1.807, 2.05) is 0 Å². The summed E-state index contributed by atoms with van der Waals surface area (Å²) in [5.74, 6) is 0.972. The minimum absolute atomic E-state index is 0. The van der Waals surface area contributed by atoms with Gasteiger partial charge in [-0.25, -0.2) is 0 Å². The van der Waals surface area contributed by atoms with Crippen LogP contribution in [0.4, 0.5) is 0 Å². The van der Waals surface area contributed by atoms with Crippen LogP contribution in [0.3, 0.4) is 0 Å². The first kappa shape index (κ1) is 38.7. The molecule has 0 unspecified atom stereocenters. The van der Waals surface area contributed by atoms with Crippen LogP contribution in [0.2, 0.25) is 0 Å². The van der Waals surface area contributed by atoms with Crippen molar-refractivity contribution in [2.24, 2.45) is 0 Å². The molecule has 5 heteroatoms. The minimum Gasteiger partial charge on any atom is -0.525 e. The number of carbonyl (C=O) groups excluding carboxylic acids is 1. The van der Waals surface area contributed by atoms with Crippen molar-refractivity contribution in [2.45, 2.75) is 119 Å². The van der Waals surface area contributed by atoms with E-state index in [0.29, 0.717) is 0 Å². The summed E-state index contributed by atoms with van der Waals surface area (Å²) < 4.78 is 0. The van der Waals surface area contributed by atoms with Crippen LogP contribution in [-0.2, 0) is 24.9 Å². The predicted molar refractivity (Wildman–Crippen MR) is 147 cm³/mol. The van der Waals surface area contributed by atoms with E-state index in [1.165, 1.54) is 77.0 Å². The van der Waals surface area contributed by atoms with Gasteiger partial charge in [-0.1, -0.05) is 80.1 Å². The Morgan fingerprint density at radius 2 is 0.633 bits per heavy atom. The molecule has 0 amide bonds. The second-order valence-corrected chi connectivity index (χ2v) is 14.4. The first-order chi connectivity index (χ1) is 14.1. The van der Waals surface area contributed by atoms with E-state index in [1.54, 1.807) is 37.0 Å². The zero-order chi connectivity index (χ0) is 22.6. The number of halogens is 1. The van der Waals surface area contributed by atoms with E-state index in [2.05, 4.69) is 53.1 Å². The van der Waals surface area contributed by atoms with E-state index >= 15 is 0 Å². The van der Waals surface area contributed by atoms with Gasteiger partial charge in [0.1, 0.15) is 0 Å². The van der Waals surface area contributed by atoms with E-state index < -0.39 is 0 Å². The third-order valence-corrected chi connectivity index (χ3v) is 11.7. The SMILES string of the molecule is CCCC[PH+](CCCC)CCCC.CCCC[PH+](CCCC)CCCC.O=[C-]Cl.[Ir]. The van der Waals surface area contributed by atoms with E-state index in [-0.39, 0.29) is 35.9 Å². The number of hydrogen-bond acceptors (Lipinski definition) is 1. The molecule has 1 nitrogen and oxygen atoms in total. The molecule has 0 saturated carbocycles. The van der Waals surface area contributed by atoms with Gasteiger partial charge in [0.25, 0.3) is 0 Å². The molecular weight excluding hydrogens is 606 g/mol. The third kappa shape index (κ3) is 36.8. The molecular formula is C25H56ClIrOP2+. The molecule has 0 aliphatic heterocycles. The monoisotopic (exact) mass is 662 g/mol. The molecule has 0 fully saturated rings. The van der Waals surface area contributed by atoms with Gasteiger partial charge in [0.05, 0.1) is 37.0 Å². The maximum atomic E-state index is 8.45. The van der Waals surface area contributed by atoms with Gasteiger partial charge in [-0.15, -0.1) is 0 Å². The van der Waals surface area contributed by atoms with Crippen molar-refractivity contribution < 1.29 is 24.9 Å². The van der Waals surface area contributed by atoms with Crippen LogP contribution in [0.1, 0.15) is 119 Å². The Morgan fingerprint density at radius 3 is 0.733 bits per heavy atom. The van der Waals surface area contributed by atoms with Gasteiger partial charge < -0.3 is 16.4 Å². The van der Waals surface area contributed by atoms with Crippen molar-refractivity contribution in [3.63, 3.8) is 0 Å². The topological polar surface area (TPSA) is 17.1 Å². The Morgan fingerprint density at radius 1 is 0.500 bits per heavy atom. The van der Waals surface area contributed by atoms with Gasteiger partial charge in [-0.2, -0.15) is 5.75 Å². The van der Waals surface area contributed by atoms with Crippen LogP contribution < -0.4 is 0 Å². The zero-order valence-corrected chi connectivity index (χ0v) is 26.5. The summed E-state index contributed by atoms with van der Waals surface area (Å²) in [5, 5.41) is 0. The van der Waals surface area contributed by atoms with Crippen LogP contribution in [0, 0.1) is 0 Å². The van der Waals surface area contributed by atoms with E-state index in [4.69, 9.17) is 4.79 Å². The van der Waals surface area contributed by atoms with Crippen LogP contribution in [0.5, 0.6) is 0 Å². The molecule has 30 heavy (non-hydrogen) atoms. The first-order valence-corrected chi connectivity index (χ1v) is 17.4. The van der Waals surface area contributed by atoms with Crippen molar-refractivity contribution in [1.82, 2.24) is 0 Å². The fraction of sp³-hybridized carbons (Fsp3) is 0.960. The van der Waals surface area contributed by atoms with Crippen molar-refractivity contribution in [1.29, 1.82) is 0 Å². The molecule has 0 bridgehead atoms. The molecule has 187 valence electrons. The fourth-order valence-corrected chi connectivity index (χ4v) is 9.93. The summed E-state index contributed by atoms with van der Waals surface area (Å²) >= 11 is 4.19. The summed E-state index contributed by atoms with van der Waals surface area (Å²) in [5.41, 5.74) is 0. The van der Waals surface area contributed by atoms with Gasteiger partial charge in [0.2, 0.25) is 0 Å². The molecule has 0 aromatic carbocycles.